The summed E-state index contributed by atoms with van der Waals surface area (Å²) in [4.78, 5) is 0. The minimum Gasteiger partial charge on any atom is -0.381 e. The summed E-state index contributed by atoms with van der Waals surface area (Å²) in [5, 5.41) is 3.46. The Hall–Kier alpha value is -0.120. The molecule has 1 N–H and O–H groups in total. The first-order valence-corrected chi connectivity index (χ1v) is 6.29. The van der Waals surface area contributed by atoms with Crippen LogP contribution in [0.2, 0.25) is 0 Å². The zero-order chi connectivity index (χ0) is 10.8. The third kappa shape index (κ3) is 6.88. The van der Waals surface area contributed by atoms with Gasteiger partial charge in [0.05, 0.1) is 6.61 Å². The summed E-state index contributed by atoms with van der Waals surface area (Å²) in [5.41, 5.74) is 0. The Labute approximate surface area is 93.5 Å². The molecule has 0 amide bonds. The summed E-state index contributed by atoms with van der Waals surface area (Å²) >= 11 is 0. The summed E-state index contributed by atoms with van der Waals surface area (Å²) in [6.07, 6.45) is 4.75. The van der Waals surface area contributed by atoms with Crippen LogP contribution in [-0.4, -0.2) is 39.5 Å². The van der Waals surface area contributed by atoms with E-state index < -0.39 is 0 Å². The van der Waals surface area contributed by atoms with Crippen LogP contribution in [-0.2, 0) is 9.47 Å². The quantitative estimate of drug-likeness (QED) is 0.595. The van der Waals surface area contributed by atoms with Crippen molar-refractivity contribution in [1.82, 2.24) is 5.32 Å². The molecule has 1 aliphatic rings. The highest BCUT2D eigenvalue weighted by Crippen LogP contribution is 2.10. The Morgan fingerprint density at radius 3 is 2.93 bits per heavy atom. The van der Waals surface area contributed by atoms with Gasteiger partial charge >= 0.3 is 0 Å². The van der Waals surface area contributed by atoms with Crippen molar-refractivity contribution in [1.29, 1.82) is 0 Å². The van der Waals surface area contributed by atoms with Gasteiger partial charge in [-0.1, -0.05) is 13.3 Å². The van der Waals surface area contributed by atoms with Gasteiger partial charge in [-0.25, -0.2) is 0 Å². The summed E-state index contributed by atoms with van der Waals surface area (Å²) in [6, 6.07) is 0. The molecule has 15 heavy (non-hydrogen) atoms. The van der Waals surface area contributed by atoms with Gasteiger partial charge < -0.3 is 14.8 Å². The molecule has 0 spiro atoms. The highest BCUT2D eigenvalue weighted by atomic mass is 16.5. The van der Waals surface area contributed by atoms with E-state index in [1.165, 1.54) is 19.3 Å². The Kier molecular flexibility index (Phi) is 7.88. The minimum absolute atomic E-state index is 0.742. The van der Waals surface area contributed by atoms with Gasteiger partial charge in [0.15, 0.2) is 0 Å². The van der Waals surface area contributed by atoms with E-state index in [0.717, 1.165) is 51.9 Å². The van der Waals surface area contributed by atoms with E-state index in [0.29, 0.717) is 0 Å². The topological polar surface area (TPSA) is 30.5 Å². The van der Waals surface area contributed by atoms with E-state index in [1.54, 1.807) is 0 Å². The first kappa shape index (κ1) is 12.9. The molecule has 0 aliphatic carbocycles. The molecule has 0 aromatic rings. The number of unbranched alkanes of at least 4 members (excludes halogenated alkanes) is 1. The summed E-state index contributed by atoms with van der Waals surface area (Å²) in [6.45, 7) is 8.08. The Morgan fingerprint density at radius 2 is 2.20 bits per heavy atom. The van der Waals surface area contributed by atoms with Crippen molar-refractivity contribution < 1.29 is 9.47 Å². The maximum Gasteiger partial charge on any atom is 0.0507 e. The molecule has 1 aliphatic heterocycles. The third-order valence-electron chi connectivity index (χ3n) is 2.74. The predicted molar refractivity (Wildman–Crippen MR) is 62.1 cm³/mol. The standard InChI is InChI=1S/C12H25NO2/c1-2-3-7-14-8-4-6-13-10-12-5-9-15-11-12/h12-13H,2-11H2,1H3. The van der Waals surface area contributed by atoms with Crippen LogP contribution in [0.5, 0.6) is 0 Å². The number of hydrogen-bond acceptors (Lipinski definition) is 3. The average molecular weight is 215 g/mol. The second kappa shape index (κ2) is 9.13. The molecule has 90 valence electrons. The molecule has 1 fully saturated rings. The van der Waals surface area contributed by atoms with E-state index in [9.17, 15) is 0 Å². The molecule has 1 atom stereocenters. The third-order valence-corrected chi connectivity index (χ3v) is 2.74. The lowest BCUT2D eigenvalue weighted by molar-refractivity contribution is 0.128. The van der Waals surface area contributed by atoms with Crippen LogP contribution < -0.4 is 5.32 Å². The Balaban J connectivity index is 1.73. The van der Waals surface area contributed by atoms with Gasteiger partial charge in [0, 0.05) is 26.4 Å². The van der Waals surface area contributed by atoms with E-state index in [-0.39, 0.29) is 0 Å². The minimum atomic E-state index is 0.742. The first-order valence-electron chi connectivity index (χ1n) is 6.29. The molecule has 3 nitrogen and oxygen atoms in total. The maximum atomic E-state index is 5.48. The van der Waals surface area contributed by atoms with Gasteiger partial charge in [-0.3, -0.25) is 0 Å². The maximum absolute atomic E-state index is 5.48. The fourth-order valence-electron chi connectivity index (χ4n) is 1.70. The van der Waals surface area contributed by atoms with Crippen molar-refractivity contribution in [3.05, 3.63) is 0 Å². The Bertz CT molecular complexity index is 136. The molecule has 0 aromatic carbocycles. The van der Waals surface area contributed by atoms with Gasteiger partial charge in [-0.15, -0.1) is 0 Å². The largest absolute Gasteiger partial charge is 0.381 e. The normalized spacial score (nSPS) is 21.0. The van der Waals surface area contributed by atoms with Crippen LogP contribution in [0.4, 0.5) is 0 Å². The van der Waals surface area contributed by atoms with E-state index in [4.69, 9.17) is 9.47 Å². The fraction of sp³-hybridized carbons (Fsp3) is 1.00. The van der Waals surface area contributed by atoms with Crippen molar-refractivity contribution in [2.45, 2.75) is 32.6 Å². The molecule has 0 radical (unpaired) electrons. The zero-order valence-corrected chi connectivity index (χ0v) is 9.96. The molecule has 1 unspecified atom stereocenters. The molecule has 1 heterocycles. The van der Waals surface area contributed by atoms with Crippen LogP contribution in [0.1, 0.15) is 32.6 Å². The second-order valence-corrected chi connectivity index (χ2v) is 4.25. The van der Waals surface area contributed by atoms with Crippen molar-refractivity contribution in [3.8, 4) is 0 Å². The monoisotopic (exact) mass is 215 g/mol. The highest BCUT2D eigenvalue weighted by Gasteiger charge is 2.14. The number of hydrogen-bond donors (Lipinski definition) is 1. The highest BCUT2D eigenvalue weighted by molar-refractivity contribution is 4.66. The van der Waals surface area contributed by atoms with E-state index in [2.05, 4.69) is 12.2 Å². The second-order valence-electron chi connectivity index (χ2n) is 4.25. The zero-order valence-electron chi connectivity index (χ0n) is 9.96. The van der Waals surface area contributed by atoms with Crippen molar-refractivity contribution in [2.24, 2.45) is 5.92 Å². The lowest BCUT2D eigenvalue weighted by Crippen LogP contribution is -2.24. The van der Waals surface area contributed by atoms with Crippen molar-refractivity contribution in [2.75, 3.05) is 39.5 Å². The van der Waals surface area contributed by atoms with E-state index in [1.807, 2.05) is 0 Å². The van der Waals surface area contributed by atoms with Gasteiger partial charge in [-0.05, 0) is 31.7 Å². The van der Waals surface area contributed by atoms with Gasteiger partial charge in [0.25, 0.3) is 0 Å². The lowest BCUT2D eigenvalue weighted by Gasteiger charge is -2.09. The van der Waals surface area contributed by atoms with Crippen LogP contribution in [0.3, 0.4) is 0 Å². The molecular weight excluding hydrogens is 190 g/mol. The molecular formula is C12H25NO2. The van der Waals surface area contributed by atoms with Gasteiger partial charge in [0.1, 0.15) is 0 Å². The summed E-state index contributed by atoms with van der Waals surface area (Å²) in [7, 11) is 0. The fourth-order valence-corrected chi connectivity index (χ4v) is 1.70. The van der Waals surface area contributed by atoms with Crippen LogP contribution in [0, 0.1) is 5.92 Å². The molecule has 0 bridgehead atoms. The van der Waals surface area contributed by atoms with Crippen LogP contribution in [0.25, 0.3) is 0 Å². The van der Waals surface area contributed by atoms with Crippen LogP contribution in [0.15, 0.2) is 0 Å². The number of rotatable bonds is 9. The first-order chi connectivity index (χ1) is 7.43. The lowest BCUT2D eigenvalue weighted by atomic mass is 10.1. The number of ether oxygens (including phenoxy) is 2. The molecule has 1 saturated heterocycles. The average Bonchev–Trinajstić information content (AvgIpc) is 2.75. The summed E-state index contributed by atoms with van der Waals surface area (Å²) < 4.78 is 10.8. The molecule has 0 aromatic heterocycles. The predicted octanol–water partition coefficient (Wildman–Crippen LogP) is 1.82. The molecule has 1 rings (SSSR count). The van der Waals surface area contributed by atoms with Crippen molar-refractivity contribution >= 4 is 0 Å². The Morgan fingerprint density at radius 1 is 1.33 bits per heavy atom. The molecule has 3 heteroatoms. The van der Waals surface area contributed by atoms with E-state index >= 15 is 0 Å². The van der Waals surface area contributed by atoms with Gasteiger partial charge in [-0.2, -0.15) is 0 Å². The van der Waals surface area contributed by atoms with Gasteiger partial charge in [0.2, 0.25) is 0 Å². The van der Waals surface area contributed by atoms with Crippen molar-refractivity contribution in [3.63, 3.8) is 0 Å². The summed E-state index contributed by atoms with van der Waals surface area (Å²) in [5.74, 6) is 0.742. The number of nitrogens with one attached hydrogen (secondary N) is 1. The van der Waals surface area contributed by atoms with Crippen LogP contribution >= 0.6 is 0 Å². The smallest absolute Gasteiger partial charge is 0.0507 e. The SMILES string of the molecule is CCCCOCCCNCC1CCOC1. The molecule has 0 saturated carbocycles.